The fraction of sp³-hybridized carbons (Fsp3) is 0.769. The third-order valence-corrected chi connectivity index (χ3v) is 3.70. The molecule has 0 saturated heterocycles. The Morgan fingerprint density at radius 3 is 2.32 bits per heavy atom. The third-order valence-electron chi connectivity index (χ3n) is 3.70. The van der Waals surface area contributed by atoms with Crippen molar-refractivity contribution < 1.29 is 24.2 Å². The Morgan fingerprint density at radius 2 is 1.84 bits per heavy atom. The first-order valence-electron chi connectivity index (χ1n) is 6.52. The number of aliphatic carboxylic acids is 1. The molecule has 6 heteroatoms. The van der Waals surface area contributed by atoms with Crippen LogP contribution < -0.4 is 5.32 Å². The number of carboxylic acid groups (broad SMARTS) is 1. The molecular formula is C13H21NO5. The average molecular weight is 271 g/mol. The van der Waals surface area contributed by atoms with E-state index in [4.69, 9.17) is 0 Å². The van der Waals surface area contributed by atoms with Crippen LogP contribution >= 0.6 is 0 Å². The van der Waals surface area contributed by atoms with Crippen molar-refractivity contribution in [2.24, 2.45) is 5.41 Å². The monoisotopic (exact) mass is 271 g/mol. The summed E-state index contributed by atoms with van der Waals surface area (Å²) >= 11 is 0. The van der Waals surface area contributed by atoms with Crippen LogP contribution in [0.2, 0.25) is 0 Å². The lowest BCUT2D eigenvalue weighted by Gasteiger charge is -2.32. The largest absolute Gasteiger partial charge is 0.481 e. The van der Waals surface area contributed by atoms with Crippen LogP contribution in [-0.2, 0) is 19.1 Å². The standard InChI is InChI=1S/C13H21NO5/c1-9(11(16)19-2)14-10(15)8-13(12(17)18)6-4-3-5-7-13/h9H,3-8H2,1-2H3,(H,14,15)(H,17,18). The number of carbonyl (C=O) groups is 3. The highest BCUT2D eigenvalue weighted by molar-refractivity contribution is 5.88. The summed E-state index contributed by atoms with van der Waals surface area (Å²) in [4.78, 5) is 34.5. The summed E-state index contributed by atoms with van der Waals surface area (Å²) in [6, 6.07) is -0.757. The van der Waals surface area contributed by atoms with Gasteiger partial charge in [-0.05, 0) is 19.8 Å². The number of methoxy groups -OCH3 is 1. The minimum Gasteiger partial charge on any atom is -0.481 e. The number of ether oxygens (including phenoxy) is 1. The van der Waals surface area contributed by atoms with Gasteiger partial charge in [-0.3, -0.25) is 9.59 Å². The van der Waals surface area contributed by atoms with Crippen molar-refractivity contribution in [3.05, 3.63) is 0 Å². The van der Waals surface area contributed by atoms with Crippen molar-refractivity contribution in [3.63, 3.8) is 0 Å². The lowest BCUT2D eigenvalue weighted by atomic mass is 9.71. The maximum Gasteiger partial charge on any atom is 0.328 e. The molecule has 0 bridgehead atoms. The number of hydrogen-bond donors (Lipinski definition) is 2. The zero-order valence-corrected chi connectivity index (χ0v) is 11.4. The first kappa shape index (κ1) is 15.5. The molecule has 0 aromatic carbocycles. The Hall–Kier alpha value is -1.59. The van der Waals surface area contributed by atoms with Crippen molar-refractivity contribution in [2.45, 2.75) is 51.5 Å². The van der Waals surface area contributed by atoms with Crippen LogP contribution in [0.4, 0.5) is 0 Å². The van der Waals surface area contributed by atoms with Crippen LogP contribution in [0.5, 0.6) is 0 Å². The molecule has 1 unspecified atom stereocenters. The van der Waals surface area contributed by atoms with E-state index in [0.717, 1.165) is 19.3 Å². The summed E-state index contributed by atoms with van der Waals surface area (Å²) in [6.07, 6.45) is 3.61. The van der Waals surface area contributed by atoms with Crippen LogP contribution in [-0.4, -0.2) is 36.1 Å². The van der Waals surface area contributed by atoms with E-state index in [2.05, 4.69) is 10.1 Å². The van der Waals surface area contributed by atoms with Crippen molar-refractivity contribution in [3.8, 4) is 0 Å². The maximum absolute atomic E-state index is 11.9. The molecule has 1 rings (SSSR count). The van der Waals surface area contributed by atoms with Gasteiger partial charge in [-0.2, -0.15) is 0 Å². The van der Waals surface area contributed by atoms with Gasteiger partial charge >= 0.3 is 11.9 Å². The van der Waals surface area contributed by atoms with Crippen molar-refractivity contribution in [1.82, 2.24) is 5.32 Å². The molecule has 6 nitrogen and oxygen atoms in total. The summed E-state index contributed by atoms with van der Waals surface area (Å²) < 4.78 is 4.51. The fourth-order valence-corrected chi connectivity index (χ4v) is 2.53. The van der Waals surface area contributed by atoms with E-state index < -0.39 is 29.3 Å². The van der Waals surface area contributed by atoms with Gasteiger partial charge in [-0.15, -0.1) is 0 Å². The van der Waals surface area contributed by atoms with Gasteiger partial charge in [0.15, 0.2) is 0 Å². The van der Waals surface area contributed by atoms with Crippen LogP contribution in [0.25, 0.3) is 0 Å². The molecule has 2 N–H and O–H groups in total. The number of amides is 1. The van der Waals surface area contributed by atoms with Crippen LogP contribution in [0.3, 0.4) is 0 Å². The zero-order chi connectivity index (χ0) is 14.5. The smallest absolute Gasteiger partial charge is 0.328 e. The molecule has 0 aromatic rings. The van der Waals surface area contributed by atoms with Crippen molar-refractivity contribution in [1.29, 1.82) is 0 Å². The van der Waals surface area contributed by atoms with E-state index in [9.17, 15) is 19.5 Å². The topological polar surface area (TPSA) is 92.7 Å². The van der Waals surface area contributed by atoms with Gasteiger partial charge in [0.2, 0.25) is 5.91 Å². The second-order valence-electron chi connectivity index (χ2n) is 5.14. The summed E-state index contributed by atoms with van der Waals surface area (Å²) in [6.45, 7) is 1.51. The number of rotatable bonds is 5. The van der Waals surface area contributed by atoms with E-state index in [1.54, 1.807) is 0 Å². The Balaban J connectivity index is 2.62. The fourth-order valence-electron chi connectivity index (χ4n) is 2.53. The van der Waals surface area contributed by atoms with Gasteiger partial charge in [0.05, 0.1) is 12.5 Å². The van der Waals surface area contributed by atoms with Crippen molar-refractivity contribution >= 4 is 17.8 Å². The zero-order valence-electron chi connectivity index (χ0n) is 11.4. The number of carboxylic acids is 1. The Kier molecular flexibility index (Phi) is 5.32. The molecule has 1 saturated carbocycles. The second kappa shape index (κ2) is 6.54. The predicted molar refractivity (Wildman–Crippen MR) is 67.4 cm³/mol. The molecule has 1 aliphatic rings. The first-order chi connectivity index (χ1) is 8.91. The lowest BCUT2D eigenvalue weighted by Crippen LogP contribution is -2.44. The van der Waals surface area contributed by atoms with Crippen molar-refractivity contribution in [2.75, 3.05) is 7.11 Å². The molecular weight excluding hydrogens is 250 g/mol. The van der Waals surface area contributed by atoms with E-state index >= 15 is 0 Å². The summed E-state index contributed by atoms with van der Waals surface area (Å²) in [5.74, 6) is -1.88. The number of hydrogen-bond acceptors (Lipinski definition) is 4. The summed E-state index contributed by atoms with van der Waals surface area (Å²) in [5.41, 5.74) is -0.974. The number of carbonyl (C=O) groups excluding carboxylic acids is 2. The van der Waals surface area contributed by atoms with Gasteiger partial charge in [0.25, 0.3) is 0 Å². The highest BCUT2D eigenvalue weighted by Gasteiger charge is 2.41. The molecule has 1 aliphatic carbocycles. The molecule has 0 aromatic heterocycles. The maximum atomic E-state index is 11.9. The minimum absolute atomic E-state index is 0.0797. The predicted octanol–water partition coefficient (Wildman–Crippen LogP) is 1.09. The molecule has 0 heterocycles. The highest BCUT2D eigenvalue weighted by Crippen LogP contribution is 2.39. The van der Waals surface area contributed by atoms with Gasteiger partial charge in [-0.1, -0.05) is 19.3 Å². The molecule has 0 radical (unpaired) electrons. The molecule has 108 valence electrons. The molecule has 19 heavy (non-hydrogen) atoms. The number of nitrogens with one attached hydrogen (secondary N) is 1. The SMILES string of the molecule is COC(=O)C(C)NC(=O)CC1(C(=O)O)CCCCC1. The van der Waals surface area contributed by atoms with Gasteiger partial charge in [0, 0.05) is 6.42 Å². The van der Waals surface area contributed by atoms with Gasteiger partial charge in [-0.25, -0.2) is 4.79 Å². The van der Waals surface area contributed by atoms with Crippen LogP contribution in [0.1, 0.15) is 45.4 Å². The normalized spacial score (nSPS) is 19.3. The average Bonchev–Trinajstić information content (AvgIpc) is 2.38. The minimum atomic E-state index is -0.974. The third kappa shape index (κ3) is 3.94. The Labute approximate surface area is 112 Å². The second-order valence-corrected chi connectivity index (χ2v) is 5.14. The van der Waals surface area contributed by atoms with Crippen LogP contribution in [0, 0.1) is 5.41 Å². The van der Waals surface area contributed by atoms with E-state index in [1.807, 2.05) is 0 Å². The van der Waals surface area contributed by atoms with E-state index in [0.29, 0.717) is 12.8 Å². The summed E-state index contributed by atoms with van der Waals surface area (Å²) in [5, 5.41) is 11.8. The first-order valence-corrected chi connectivity index (χ1v) is 6.52. The quantitative estimate of drug-likeness (QED) is 0.730. The molecule has 0 spiro atoms. The van der Waals surface area contributed by atoms with E-state index in [1.165, 1.54) is 14.0 Å². The van der Waals surface area contributed by atoms with Gasteiger partial charge < -0.3 is 15.2 Å². The molecule has 0 aliphatic heterocycles. The molecule has 1 fully saturated rings. The molecule has 1 amide bonds. The van der Waals surface area contributed by atoms with E-state index in [-0.39, 0.29) is 6.42 Å². The highest BCUT2D eigenvalue weighted by atomic mass is 16.5. The number of esters is 1. The lowest BCUT2D eigenvalue weighted by molar-refractivity contribution is -0.154. The Bertz CT molecular complexity index is 360. The van der Waals surface area contributed by atoms with Crippen LogP contribution in [0.15, 0.2) is 0 Å². The van der Waals surface area contributed by atoms with Gasteiger partial charge in [0.1, 0.15) is 6.04 Å². The summed E-state index contributed by atoms with van der Waals surface area (Å²) in [7, 11) is 1.24. The Morgan fingerprint density at radius 1 is 1.26 bits per heavy atom. The molecule has 1 atom stereocenters.